The fourth-order valence-electron chi connectivity index (χ4n) is 2.34. The summed E-state index contributed by atoms with van der Waals surface area (Å²) in [4.78, 5) is 24.7. The Morgan fingerprint density at radius 3 is 2.18 bits per heavy atom. The number of rotatable bonds is 9. The van der Waals surface area contributed by atoms with E-state index in [1.54, 1.807) is 4.90 Å². The molecule has 1 amide bonds. The molecule has 1 N–H and O–H groups in total. The van der Waals surface area contributed by atoms with Crippen molar-refractivity contribution in [2.24, 2.45) is 5.92 Å². The third-order valence-corrected chi connectivity index (χ3v) is 3.59. The number of aliphatic carboxylic acids is 1. The Labute approximate surface area is 133 Å². The van der Waals surface area contributed by atoms with Gasteiger partial charge in [0.15, 0.2) is 0 Å². The minimum Gasteiger partial charge on any atom is -0.481 e. The molecule has 0 unspecified atom stereocenters. The zero-order chi connectivity index (χ0) is 16.5. The van der Waals surface area contributed by atoms with Crippen LogP contribution in [0.25, 0.3) is 0 Å². The maximum absolute atomic E-state index is 12.3. The van der Waals surface area contributed by atoms with Crippen molar-refractivity contribution >= 4 is 11.9 Å². The van der Waals surface area contributed by atoms with Crippen molar-refractivity contribution in [3.63, 3.8) is 0 Å². The van der Waals surface area contributed by atoms with Crippen LogP contribution in [0.15, 0.2) is 24.3 Å². The molecule has 0 aliphatic heterocycles. The van der Waals surface area contributed by atoms with Gasteiger partial charge >= 0.3 is 5.97 Å². The fourth-order valence-corrected chi connectivity index (χ4v) is 2.34. The molecular weight excluding hydrogens is 278 g/mol. The third kappa shape index (κ3) is 6.74. The van der Waals surface area contributed by atoms with Crippen LogP contribution in [0.4, 0.5) is 0 Å². The van der Waals surface area contributed by atoms with E-state index in [9.17, 15) is 9.59 Å². The van der Waals surface area contributed by atoms with E-state index in [4.69, 9.17) is 5.11 Å². The van der Waals surface area contributed by atoms with Crippen LogP contribution in [0.2, 0.25) is 0 Å². The summed E-state index contributed by atoms with van der Waals surface area (Å²) in [6.07, 6.45) is 2.14. The van der Waals surface area contributed by atoms with E-state index in [2.05, 4.69) is 31.2 Å². The molecule has 0 radical (unpaired) electrons. The van der Waals surface area contributed by atoms with Gasteiger partial charge in [-0.2, -0.15) is 0 Å². The lowest BCUT2D eigenvalue weighted by Gasteiger charge is -2.24. The second-order valence-electron chi connectivity index (χ2n) is 6.05. The van der Waals surface area contributed by atoms with E-state index in [1.165, 1.54) is 5.56 Å². The molecule has 0 aliphatic carbocycles. The first-order valence-electron chi connectivity index (χ1n) is 7.99. The standard InChI is InChI=1S/C18H27NO3/c1-4-15-5-7-16(8-6-15)9-10-17(20)19(13-14(2)3)12-11-18(21)22/h5-8,14H,4,9-13H2,1-3H3,(H,21,22). The minimum absolute atomic E-state index is 0.00363. The molecule has 0 bridgehead atoms. The molecule has 1 rings (SSSR count). The average molecular weight is 305 g/mol. The van der Waals surface area contributed by atoms with Crippen molar-refractivity contribution in [2.75, 3.05) is 13.1 Å². The molecular formula is C18H27NO3. The highest BCUT2D eigenvalue weighted by atomic mass is 16.4. The van der Waals surface area contributed by atoms with E-state index < -0.39 is 5.97 Å². The number of carboxylic acid groups (broad SMARTS) is 1. The van der Waals surface area contributed by atoms with Crippen LogP contribution in [0.1, 0.15) is 44.7 Å². The molecule has 122 valence electrons. The Morgan fingerprint density at radius 1 is 1.09 bits per heavy atom. The van der Waals surface area contributed by atoms with Gasteiger partial charge in [0.2, 0.25) is 5.91 Å². The van der Waals surface area contributed by atoms with Crippen molar-refractivity contribution in [1.82, 2.24) is 4.90 Å². The normalized spacial score (nSPS) is 10.7. The van der Waals surface area contributed by atoms with E-state index >= 15 is 0 Å². The number of benzene rings is 1. The number of hydrogen-bond acceptors (Lipinski definition) is 2. The summed E-state index contributed by atoms with van der Waals surface area (Å²) in [5.41, 5.74) is 2.44. The van der Waals surface area contributed by atoms with Crippen LogP contribution in [-0.2, 0) is 22.4 Å². The molecule has 0 aromatic heterocycles. The van der Waals surface area contributed by atoms with Crippen molar-refractivity contribution in [3.8, 4) is 0 Å². The SMILES string of the molecule is CCc1ccc(CCC(=O)N(CCC(=O)O)CC(C)C)cc1. The number of carbonyl (C=O) groups is 2. The lowest BCUT2D eigenvalue weighted by atomic mass is 10.1. The topological polar surface area (TPSA) is 57.6 Å². The summed E-state index contributed by atoms with van der Waals surface area (Å²) in [6.45, 7) is 7.09. The summed E-state index contributed by atoms with van der Waals surface area (Å²) >= 11 is 0. The van der Waals surface area contributed by atoms with Crippen LogP contribution in [-0.4, -0.2) is 35.0 Å². The van der Waals surface area contributed by atoms with Crippen LogP contribution in [0, 0.1) is 5.92 Å². The second-order valence-corrected chi connectivity index (χ2v) is 6.05. The summed E-state index contributed by atoms with van der Waals surface area (Å²) in [5, 5.41) is 8.80. The smallest absolute Gasteiger partial charge is 0.305 e. The summed E-state index contributed by atoms with van der Waals surface area (Å²) in [7, 11) is 0. The summed E-state index contributed by atoms with van der Waals surface area (Å²) < 4.78 is 0. The number of carbonyl (C=O) groups excluding carboxylic acids is 1. The number of carboxylic acids is 1. The number of amides is 1. The molecule has 0 atom stereocenters. The molecule has 22 heavy (non-hydrogen) atoms. The highest BCUT2D eigenvalue weighted by molar-refractivity contribution is 5.77. The van der Waals surface area contributed by atoms with Crippen molar-refractivity contribution in [3.05, 3.63) is 35.4 Å². The van der Waals surface area contributed by atoms with Gasteiger partial charge in [0.1, 0.15) is 0 Å². The molecule has 4 nitrogen and oxygen atoms in total. The Kier molecular flexibility index (Phi) is 7.64. The first-order valence-corrected chi connectivity index (χ1v) is 7.99. The highest BCUT2D eigenvalue weighted by Crippen LogP contribution is 2.10. The average Bonchev–Trinajstić information content (AvgIpc) is 2.49. The Balaban J connectivity index is 2.55. The van der Waals surface area contributed by atoms with Gasteiger partial charge in [-0.3, -0.25) is 9.59 Å². The van der Waals surface area contributed by atoms with Crippen molar-refractivity contribution in [2.45, 2.75) is 46.5 Å². The molecule has 0 aliphatic rings. The highest BCUT2D eigenvalue weighted by Gasteiger charge is 2.16. The molecule has 1 aromatic rings. The zero-order valence-corrected chi connectivity index (χ0v) is 13.8. The molecule has 0 saturated carbocycles. The van der Waals surface area contributed by atoms with E-state index in [1.807, 2.05) is 13.8 Å². The van der Waals surface area contributed by atoms with Gasteiger partial charge in [-0.05, 0) is 29.9 Å². The Morgan fingerprint density at radius 2 is 1.68 bits per heavy atom. The third-order valence-electron chi connectivity index (χ3n) is 3.59. The quantitative estimate of drug-likeness (QED) is 0.762. The predicted molar refractivity (Wildman–Crippen MR) is 87.8 cm³/mol. The van der Waals surface area contributed by atoms with Gasteiger partial charge in [-0.1, -0.05) is 45.0 Å². The van der Waals surface area contributed by atoms with Gasteiger partial charge in [-0.25, -0.2) is 0 Å². The van der Waals surface area contributed by atoms with E-state index in [0.29, 0.717) is 31.8 Å². The fraction of sp³-hybridized carbons (Fsp3) is 0.556. The van der Waals surface area contributed by atoms with Crippen LogP contribution >= 0.6 is 0 Å². The molecule has 0 saturated heterocycles. The maximum atomic E-state index is 12.3. The van der Waals surface area contributed by atoms with Gasteiger partial charge in [0.05, 0.1) is 6.42 Å². The van der Waals surface area contributed by atoms with E-state index in [-0.39, 0.29) is 12.3 Å². The first kappa shape index (κ1) is 18.2. The lowest BCUT2D eigenvalue weighted by molar-refractivity contribution is -0.138. The van der Waals surface area contributed by atoms with Crippen molar-refractivity contribution in [1.29, 1.82) is 0 Å². The summed E-state index contributed by atoms with van der Waals surface area (Å²) in [5.74, 6) is -0.493. The monoisotopic (exact) mass is 305 g/mol. The van der Waals surface area contributed by atoms with Crippen LogP contribution in [0.5, 0.6) is 0 Å². The molecule has 4 heteroatoms. The first-order chi connectivity index (χ1) is 10.4. The number of aryl methyl sites for hydroxylation is 2. The predicted octanol–water partition coefficient (Wildman–Crippen LogP) is 3.14. The molecule has 0 heterocycles. The minimum atomic E-state index is -0.864. The van der Waals surface area contributed by atoms with Crippen molar-refractivity contribution < 1.29 is 14.7 Å². The zero-order valence-electron chi connectivity index (χ0n) is 13.8. The second kappa shape index (κ2) is 9.23. The van der Waals surface area contributed by atoms with Gasteiger partial charge in [0, 0.05) is 19.5 Å². The number of nitrogens with zero attached hydrogens (tertiary/aromatic N) is 1. The maximum Gasteiger partial charge on any atom is 0.305 e. The number of hydrogen-bond donors (Lipinski definition) is 1. The van der Waals surface area contributed by atoms with Gasteiger partial charge in [-0.15, -0.1) is 0 Å². The largest absolute Gasteiger partial charge is 0.481 e. The molecule has 0 spiro atoms. The lowest BCUT2D eigenvalue weighted by Crippen LogP contribution is -2.36. The Bertz CT molecular complexity index is 480. The van der Waals surface area contributed by atoms with Crippen LogP contribution < -0.4 is 0 Å². The van der Waals surface area contributed by atoms with Crippen LogP contribution in [0.3, 0.4) is 0 Å². The van der Waals surface area contributed by atoms with E-state index in [0.717, 1.165) is 12.0 Å². The summed E-state index contributed by atoms with van der Waals surface area (Å²) in [6, 6.07) is 8.32. The van der Waals surface area contributed by atoms with Gasteiger partial charge in [0.25, 0.3) is 0 Å². The molecule has 1 aromatic carbocycles. The molecule has 0 fully saturated rings. The Hall–Kier alpha value is -1.84. The van der Waals surface area contributed by atoms with Gasteiger partial charge < -0.3 is 10.0 Å².